The third-order valence-corrected chi connectivity index (χ3v) is 4.73. The van der Waals surface area contributed by atoms with Crippen LogP contribution >= 0.6 is 0 Å². The SMILES string of the molecule is C1=C(CCNCc2cccc(Nc3ccncc3)c2)c2ccccc2C1. The first kappa shape index (κ1) is 16.6. The molecule has 2 N–H and O–H groups in total. The molecule has 1 aliphatic carbocycles. The standard InChI is InChI=1S/C23H23N3/c1-2-7-23-19(5-1)8-9-20(23)10-13-25-17-18-4-3-6-22(16-18)26-21-11-14-24-15-12-21/h1-7,9,11-12,14-16,25H,8,10,13,17H2,(H,24,26). The van der Waals surface area contributed by atoms with Crippen molar-refractivity contribution in [1.29, 1.82) is 0 Å². The van der Waals surface area contributed by atoms with E-state index < -0.39 is 0 Å². The Hall–Kier alpha value is -2.91. The molecule has 0 radical (unpaired) electrons. The molecule has 0 fully saturated rings. The van der Waals surface area contributed by atoms with Gasteiger partial charge in [0, 0.05) is 30.3 Å². The molecule has 2 aromatic carbocycles. The number of pyridine rings is 1. The summed E-state index contributed by atoms with van der Waals surface area (Å²) in [5.41, 5.74) is 7.79. The molecule has 0 spiro atoms. The molecule has 3 aromatic rings. The van der Waals surface area contributed by atoms with E-state index in [9.17, 15) is 0 Å². The van der Waals surface area contributed by atoms with Gasteiger partial charge >= 0.3 is 0 Å². The van der Waals surface area contributed by atoms with Gasteiger partial charge in [0.2, 0.25) is 0 Å². The Kier molecular flexibility index (Phi) is 5.08. The van der Waals surface area contributed by atoms with Gasteiger partial charge in [0.05, 0.1) is 0 Å². The summed E-state index contributed by atoms with van der Waals surface area (Å²) in [6, 6.07) is 21.2. The van der Waals surface area contributed by atoms with Crippen LogP contribution in [0.15, 0.2) is 79.1 Å². The highest BCUT2D eigenvalue weighted by Crippen LogP contribution is 2.29. The maximum absolute atomic E-state index is 4.05. The Morgan fingerprint density at radius 1 is 0.885 bits per heavy atom. The molecule has 1 aromatic heterocycles. The number of rotatable bonds is 7. The fraction of sp³-hybridized carbons (Fsp3) is 0.174. The van der Waals surface area contributed by atoms with Gasteiger partial charge in [0.15, 0.2) is 0 Å². The lowest BCUT2D eigenvalue weighted by Crippen LogP contribution is -2.15. The Morgan fingerprint density at radius 3 is 2.69 bits per heavy atom. The first-order valence-corrected chi connectivity index (χ1v) is 9.12. The molecular formula is C23H23N3. The first-order valence-electron chi connectivity index (χ1n) is 9.12. The van der Waals surface area contributed by atoms with Crippen LogP contribution in [0, 0.1) is 0 Å². The van der Waals surface area contributed by atoms with Crippen molar-refractivity contribution in [1.82, 2.24) is 10.3 Å². The van der Waals surface area contributed by atoms with Crippen LogP contribution in [0.1, 0.15) is 23.1 Å². The highest BCUT2D eigenvalue weighted by atomic mass is 14.9. The van der Waals surface area contributed by atoms with Gasteiger partial charge in [-0.15, -0.1) is 0 Å². The van der Waals surface area contributed by atoms with Crippen molar-refractivity contribution in [3.63, 3.8) is 0 Å². The summed E-state index contributed by atoms with van der Waals surface area (Å²) in [7, 11) is 0. The van der Waals surface area contributed by atoms with Crippen LogP contribution in [-0.2, 0) is 13.0 Å². The Balaban J connectivity index is 1.28. The summed E-state index contributed by atoms with van der Waals surface area (Å²) in [4.78, 5) is 4.05. The average Bonchev–Trinajstić information content (AvgIpc) is 3.10. The fourth-order valence-electron chi connectivity index (χ4n) is 3.41. The summed E-state index contributed by atoms with van der Waals surface area (Å²) in [5.74, 6) is 0. The molecule has 130 valence electrons. The average molecular weight is 341 g/mol. The first-order chi connectivity index (χ1) is 12.9. The molecule has 0 atom stereocenters. The van der Waals surface area contributed by atoms with E-state index in [0.717, 1.165) is 37.3 Å². The number of allylic oxidation sites excluding steroid dienone is 1. The van der Waals surface area contributed by atoms with Crippen molar-refractivity contribution in [3.8, 4) is 0 Å². The molecule has 26 heavy (non-hydrogen) atoms. The minimum Gasteiger partial charge on any atom is -0.355 e. The molecule has 3 nitrogen and oxygen atoms in total. The summed E-state index contributed by atoms with van der Waals surface area (Å²) >= 11 is 0. The van der Waals surface area contributed by atoms with Crippen molar-refractivity contribution >= 4 is 16.9 Å². The monoisotopic (exact) mass is 341 g/mol. The molecule has 4 rings (SSSR count). The summed E-state index contributed by atoms with van der Waals surface area (Å²) in [6.45, 7) is 1.86. The third-order valence-electron chi connectivity index (χ3n) is 4.73. The van der Waals surface area contributed by atoms with Gasteiger partial charge in [-0.25, -0.2) is 0 Å². The van der Waals surface area contributed by atoms with Gasteiger partial charge in [0.1, 0.15) is 0 Å². The Labute approximate surface area is 154 Å². The highest BCUT2D eigenvalue weighted by Gasteiger charge is 2.12. The number of hydrogen-bond acceptors (Lipinski definition) is 3. The van der Waals surface area contributed by atoms with E-state index in [1.54, 1.807) is 12.4 Å². The second-order valence-corrected chi connectivity index (χ2v) is 6.58. The zero-order valence-electron chi connectivity index (χ0n) is 14.8. The Bertz CT molecular complexity index is 900. The quantitative estimate of drug-likeness (QED) is 0.597. The van der Waals surface area contributed by atoms with E-state index in [-0.39, 0.29) is 0 Å². The summed E-state index contributed by atoms with van der Waals surface area (Å²) in [5, 5.41) is 6.99. The molecule has 1 heterocycles. The van der Waals surface area contributed by atoms with E-state index in [1.165, 1.54) is 22.3 Å². The number of anilines is 2. The summed E-state index contributed by atoms with van der Waals surface area (Å²) in [6.07, 6.45) is 8.11. The van der Waals surface area contributed by atoms with Gasteiger partial charge in [-0.1, -0.05) is 42.5 Å². The topological polar surface area (TPSA) is 37.0 Å². The van der Waals surface area contributed by atoms with Gasteiger partial charge in [-0.2, -0.15) is 0 Å². The molecule has 0 saturated carbocycles. The molecule has 1 aliphatic rings. The lowest BCUT2D eigenvalue weighted by Gasteiger charge is -2.10. The smallest absolute Gasteiger partial charge is 0.0415 e. The van der Waals surface area contributed by atoms with E-state index in [1.807, 2.05) is 12.1 Å². The second-order valence-electron chi connectivity index (χ2n) is 6.58. The molecule has 0 amide bonds. The second kappa shape index (κ2) is 7.98. The third kappa shape index (κ3) is 4.01. The lowest BCUT2D eigenvalue weighted by atomic mass is 10.0. The number of aromatic nitrogens is 1. The molecule has 0 unspecified atom stereocenters. The van der Waals surface area contributed by atoms with Crippen LogP contribution in [0.5, 0.6) is 0 Å². The van der Waals surface area contributed by atoms with E-state index >= 15 is 0 Å². The lowest BCUT2D eigenvalue weighted by molar-refractivity contribution is 0.700. The van der Waals surface area contributed by atoms with Gasteiger partial charge in [0.25, 0.3) is 0 Å². The normalized spacial score (nSPS) is 12.5. The van der Waals surface area contributed by atoms with Gasteiger partial charge < -0.3 is 10.6 Å². The Morgan fingerprint density at radius 2 is 1.77 bits per heavy atom. The number of nitrogens with zero attached hydrogens (tertiary/aromatic N) is 1. The minimum absolute atomic E-state index is 0.876. The van der Waals surface area contributed by atoms with Crippen molar-refractivity contribution in [3.05, 3.63) is 95.8 Å². The predicted molar refractivity (Wildman–Crippen MR) is 108 cm³/mol. The number of nitrogens with one attached hydrogen (secondary N) is 2. The number of benzene rings is 2. The van der Waals surface area contributed by atoms with E-state index in [0.29, 0.717) is 0 Å². The molecule has 0 aliphatic heterocycles. The number of hydrogen-bond donors (Lipinski definition) is 2. The van der Waals surface area contributed by atoms with Crippen LogP contribution in [0.3, 0.4) is 0 Å². The minimum atomic E-state index is 0.876. The zero-order chi connectivity index (χ0) is 17.6. The predicted octanol–water partition coefficient (Wildman–Crippen LogP) is 4.94. The van der Waals surface area contributed by atoms with Crippen LogP contribution in [0.25, 0.3) is 5.57 Å². The fourth-order valence-corrected chi connectivity index (χ4v) is 3.41. The highest BCUT2D eigenvalue weighted by molar-refractivity contribution is 5.73. The van der Waals surface area contributed by atoms with Crippen LogP contribution in [-0.4, -0.2) is 11.5 Å². The molecular weight excluding hydrogens is 318 g/mol. The largest absolute Gasteiger partial charge is 0.355 e. The van der Waals surface area contributed by atoms with Gasteiger partial charge in [-0.05, 0) is 65.9 Å². The van der Waals surface area contributed by atoms with Crippen molar-refractivity contribution < 1.29 is 0 Å². The molecule has 0 bridgehead atoms. The van der Waals surface area contributed by atoms with Crippen LogP contribution < -0.4 is 10.6 Å². The van der Waals surface area contributed by atoms with Crippen molar-refractivity contribution in [2.24, 2.45) is 0 Å². The van der Waals surface area contributed by atoms with E-state index in [2.05, 4.69) is 70.2 Å². The maximum Gasteiger partial charge on any atom is 0.0415 e. The van der Waals surface area contributed by atoms with Crippen molar-refractivity contribution in [2.75, 3.05) is 11.9 Å². The van der Waals surface area contributed by atoms with Crippen molar-refractivity contribution in [2.45, 2.75) is 19.4 Å². The molecule has 0 saturated heterocycles. The summed E-state index contributed by atoms with van der Waals surface area (Å²) < 4.78 is 0. The van der Waals surface area contributed by atoms with Crippen LogP contribution in [0.4, 0.5) is 11.4 Å². The number of fused-ring (bicyclic) bond motifs is 1. The maximum atomic E-state index is 4.05. The zero-order valence-corrected chi connectivity index (χ0v) is 14.8. The molecule has 3 heteroatoms. The van der Waals surface area contributed by atoms with Crippen LogP contribution in [0.2, 0.25) is 0 Å². The van der Waals surface area contributed by atoms with E-state index in [4.69, 9.17) is 0 Å². The van der Waals surface area contributed by atoms with Gasteiger partial charge in [-0.3, -0.25) is 4.98 Å².